The molecule has 1 aromatic heterocycles. The van der Waals surface area contributed by atoms with Crippen LogP contribution in [0.2, 0.25) is 0 Å². The zero-order chi connectivity index (χ0) is 23.6. The summed E-state index contributed by atoms with van der Waals surface area (Å²) in [6, 6.07) is 17.1. The number of anilines is 1. The summed E-state index contributed by atoms with van der Waals surface area (Å²) in [7, 11) is 0. The van der Waals surface area contributed by atoms with E-state index in [9.17, 15) is 14.4 Å². The number of hydrogen-bond acceptors (Lipinski definition) is 7. The lowest BCUT2D eigenvalue weighted by Gasteiger charge is -2.14. The molecule has 3 aromatic rings. The molecule has 0 saturated carbocycles. The molecule has 1 atom stereocenters. The first-order valence-corrected chi connectivity index (χ1v) is 11.1. The lowest BCUT2D eigenvalue weighted by Crippen LogP contribution is -2.50. The van der Waals surface area contributed by atoms with Gasteiger partial charge in [0.1, 0.15) is 6.04 Å². The highest BCUT2D eigenvalue weighted by atomic mass is 32.1. The Morgan fingerprint density at radius 1 is 0.970 bits per heavy atom. The summed E-state index contributed by atoms with van der Waals surface area (Å²) in [5.41, 5.74) is 9.75. The smallest absolute Gasteiger partial charge is 0.267 e. The van der Waals surface area contributed by atoms with Crippen LogP contribution in [0.4, 0.5) is 5.69 Å². The molecule has 0 fully saturated rings. The molecular weight excluding hydrogens is 442 g/mol. The van der Waals surface area contributed by atoms with Gasteiger partial charge in [-0.1, -0.05) is 30.3 Å². The minimum absolute atomic E-state index is 0.125. The first-order valence-electron chi connectivity index (χ1n) is 10.2. The van der Waals surface area contributed by atoms with Crippen LogP contribution >= 0.6 is 11.3 Å². The quantitative estimate of drug-likeness (QED) is 0.198. The highest BCUT2D eigenvalue weighted by Gasteiger charge is 2.19. The fourth-order valence-corrected chi connectivity index (χ4v) is 3.70. The molecule has 172 valence electrons. The molecule has 0 aliphatic rings. The zero-order valence-electron chi connectivity index (χ0n) is 17.7. The van der Waals surface area contributed by atoms with Gasteiger partial charge in [0.15, 0.2) is 0 Å². The van der Waals surface area contributed by atoms with Crippen LogP contribution in [-0.4, -0.2) is 42.1 Å². The van der Waals surface area contributed by atoms with Gasteiger partial charge in [-0.05, 0) is 46.8 Å². The summed E-state index contributed by atoms with van der Waals surface area (Å²) >= 11 is 1.64. The largest absolute Gasteiger partial charge is 0.339 e. The summed E-state index contributed by atoms with van der Waals surface area (Å²) in [5, 5.41) is 19.1. The molecule has 0 unspecified atom stereocenters. The molecule has 0 aliphatic carbocycles. The van der Waals surface area contributed by atoms with Gasteiger partial charge in [0, 0.05) is 29.2 Å². The van der Waals surface area contributed by atoms with E-state index in [0.717, 1.165) is 11.1 Å². The third-order valence-corrected chi connectivity index (χ3v) is 5.66. The van der Waals surface area contributed by atoms with E-state index >= 15 is 0 Å². The van der Waals surface area contributed by atoms with Crippen molar-refractivity contribution in [2.45, 2.75) is 12.6 Å². The van der Waals surface area contributed by atoms with Gasteiger partial charge in [0.25, 0.3) is 11.8 Å². The fourth-order valence-electron chi connectivity index (χ4n) is 3.03. The zero-order valence-corrected chi connectivity index (χ0v) is 18.5. The van der Waals surface area contributed by atoms with Crippen molar-refractivity contribution in [3.05, 3.63) is 76.5 Å². The monoisotopic (exact) mass is 467 g/mol. The maximum atomic E-state index is 12.3. The van der Waals surface area contributed by atoms with Crippen molar-refractivity contribution >= 4 is 34.7 Å². The van der Waals surface area contributed by atoms with Gasteiger partial charge in [-0.25, -0.2) is 5.48 Å². The Labute approximate surface area is 195 Å². The number of thiophene rings is 1. The van der Waals surface area contributed by atoms with Crippen LogP contribution in [0.15, 0.2) is 66.0 Å². The number of hydrogen-bond donors (Lipinski definition) is 6. The van der Waals surface area contributed by atoms with E-state index in [4.69, 9.17) is 10.9 Å². The number of nitrogens with two attached hydrogens (primary N) is 1. The molecule has 10 heteroatoms. The Morgan fingerprint density at radius 3 is 2.21 bits per heavy atom. The molecule has 3 rings (SSSR count). The van der Waals surface area contributed by atoms with E-state index in [1.54, 1.807) is 35.6 Å². The number of carbonyl (C=O) groups is 3. The maximum Gasteiger partial charge on any atom is 0.267 e. The molecule has 0 radical (unpaired) electrons. The molecule has 0 aliphatic heterocycles. The lowest BCUT2D eigenvalue weighted by molar-refractivity contribution is -0.130. The second-order valence-corrected chi connectivity index (χ2v) is 8.16. The van der Waals surface area contributed by atoms with E-state index in [0.29, 0.717) is 17.8 Å². The summed E-state index contributed by atoms with van der Waals surface area (Å²) in [4.78, 5) is 37.0. The number of nitrogens with one attached hydrogen (secondary N) is 4. The van der Waals surface area contributed by atoms with Crippen molar-refractivity contribution in [1.82, 2.24) is 16.1 Å². The van der Waals surface area contributed by atoms with E-state index in [1.807, 2.05) is 41.8 Å². The maximum absolute atomic E-state index is 12.3. The van der Waals surface area contributed by atoms with E-state index in [1.165, 1.54) is 10.4 Å². The average Bonchev–Trinajstić information content (AvgIpc) is 3.36. The summed E-state index contributed by atoms with van der Waals surface area (Å²) in [6.07, 6.45) is 0. The van der Waals surface area contributed by atoms with Crippen LogP contribution in [0, 0.1) is 0 Å². The predicted octanol–water partition coefficient (Wildman–Crippen LogP) is 1.71. The molecule has 7 N–H and O–H groups in total. The summed E-state index contributed by atoms with van der Waals surface area (Å²) in [5.74, 6) is -1.39. The van der Waals surface area contributed by atoms with Crippen LogP contribution in [0.5, 0.6) is 0 Å². The van der Waals surface area contributed by atoms with Crippen LogP contribution < -0.4 is 27.2 Å². The van der Waals surface area contributed by atoms with Gasteiger partial charge < -0.3 is 21.7 Å². The van der Waals surface area contributed by atoms with Gasteiger partial charge in [-0.3, -0.25) is 19.6 Å². The van der Waals surface area contributed by atoms with Crippen LogP contribution in [0.1, 0.15) is 15.2 Å². The summed E-state index contributed by atoms with van der Waals surface area (Å²) in [6.45, 7) is 0.720. The molecule has 2 aromatic carbocycles. The van der Waals surface area contributed by atoms with Crippen molar-refractivity contribution < 1.29 is 19.6 Å². The predicted molar refractivity (Wildman–Crippen MR) is 127 cm³/mol. The number of amides is 3. The Balaban J connectivity index is 1.53. The fraction of sp³-hybridized carbons (Fsp3) is 0.174. The number of rotatable bonds is 10. The van der Waals surface area contributed by atoms with Crippen molar-refractivity contribution in [1.29, 1.82) is 0 Å². The molecule has 0 spiro atoms. The van der Waals surface area contributed by atoms with Crippen molar-refractivity contribution in [2.24, 2.45) is 5.73 Å². The first-order chi connectivity index (χ1) is 16.0. The minimum atomic E-state index is -1.03. The second kappa shape index (κ2) is 11.9. The molecule has 3 amide bonds. The van der Waals surface area contributed by atoms with Crippen LogP contribution in [0.25, 0.3) is 11.1 Å². The molecule has 1 heterocycles. The van der Waals surface area contributed by atoms with Gasteiger partial charge >= 0.3 is 0 Å². The topological polar surface area (TPSA) is 146 Å². The Hall–Kier alpha value is -3.57. The van der Waals surface area contributed by atoms with E-state index in [2.05, 4.69) is 16.0 Å². The second-order valence-electron chi connectivity index (χ2n) is 7.12. The lowest BCUT2D eigenvalue weighted by atomic mass is 10.0. The minimum Gasteiger partial charge on any atom is -0.339 e. The van der Waals surface area contributed by atoms with Crippen molar-refractivity contribution in [3.63, 3.8) is 0 Å². The Kier molecular flexibility index (Phi) is 8.67. The molecule has 9 nitrogen and oxygen atoms in total. The van der Waals surface area contributed by atoms with E-state index < -0.39 is 17.9 Å². The highest BCUT2D eigenvalue weighted by molar-refractivity contribution is 7.09. The van der Waals surface area contributed by atoms with Crippen LogP contribution in [0.3, 0.4) is 0 Å². The third-order valence-electron chi connectivity index (χ3n) is 4.78. The van der Waals surface area contributed by atoms with Crippen molar-refractivity contribution in [3.8, 4) is 11.1 Å². The average molecular weight is 468 g/mol. The molecule has 33 heavy (non-hydrogen) atoms. The van der Waals surface area contributed by atoms with Gasteiger partial charge in [0.2, 0.25) is 5.91 Å². The first kappa shape index (κ1) is 24.1. The normalized spacial score (nSPS) is 11.5. The SMILES string of the molecule is NC[C@H](NC(=O)c1ccc(-c2ccc(NC(=O)CNCc3cccs3)cc2)cc1)C(=O)NO. The van der Waals surface area contributed by atoms with Gasteiger partial charge in [-0.2, -0.15) is 0 Å². The Bertz CT molecular complexity index is 1070. The van der Waals surface area contributed by atoms with Crippen LogP contribution in [-0.2, 0) is 16.1 Å². The molecular formula is C23H25N5O4S. The number of carbonyl (C=O) groups excluding carboxylic acids is 3. The Morgan fingerprint density at radius 2 is 1.64 bits per heavy atom. The van der Waals surface area contributed by atoms with Crippen molar-refractivity contribution in [2.75, 3.05) is 18.4 Å². The van der Waals surface area contributed by atoms with Gasteiger partial charge in [-0.15, -0.1) is 11.3 Å². The molecule has 0 saturated heterocycles. The van der Waals surface area contributed by atoms with E-state index in [-0.39, 0.29) is 19.0 Å². The highest BCUT2D eigenvalue weighted by Crippen LogP contribution is 2.22. The third kappa shape index (κ3) is 6.96. The number of benzene rings is 2. The van der Waals surface area contributed by atoms with Gasteiger partial charge in [0.05, 0.1) is 6.54 Å². The molecule has 0 bridgehead atoms. The summed E-state index contributed by atoms with van der Waals surface area (Å²) < 4.78 is 0. The standard InChI is InChI=1S/C23H25N5O4S/c24-12-20(23(31)28-32)27-22(30)17-5-3-15(4-6-17)16-7-9-18(10-8-16)26-21(29)14-25-13-19-2-1-11-33-19/h1-11,20,25,32H,12-14,24H2,(H,26,29)(H,27,30)(H,28,31)/t20-/m0/s1. The number of hydroxylamine groups is 1.